The number of carbonyl (C=O) groups excluding carboxylic acids is 2. The third-order valence-electron chi connectivity index (χ3n) is 5.37. The molecule has 3 saturated heterocycles. The quantitative estimate of drug-likeness (QED) is 0.908. The summed E-state index contributed by atoms with van der Waals surface area (Å²) in [5.41, 5.74) is 2.49. The van der Waals surface area contributed by atoms with E-state index in [1.807, 2.05) is 9.80 Å². The number of benzene rings is 1. The first-order valence-corrected chi connectivity index (χ1v) is 8.53. The second-order valence-corrected chi connectivity index (χ2v) is 7.00. The Morgan fingerprint density at radius 1 is 1.17 bits per heavy atom. The van der Waals surface area contributed by atoms with Crippen LogP contribution in [0.1, 0.15) is 30.4 Å². The van der Waals surface area contributed by atoms with E-state index in [9.17, 15) is 9.59 Å². The summed E-state index contributed by atoms with van der Waals surface area (Å²) in [6.07, 6.45) is 2.52. The topological polar surface area (TPSA) is 52.7 Å². The fourth-order valence-corrected chi connectivity index (χ4v) is 4.22. The van der Waals surface area contributed by atoms with Crippen LogP contribution in [0.15, 0.2) is 24.3 Å². The Kier molecular flexibility index (Phi) is 3.60. The maximum atomic E-state index is 12.6. The zero-order valence-corrected chi connectivity index (χ0v) is 13.5. The maximum absolute atomic E-state index is 12.6. The highest BCUT2D eigenvalue weighted by molar-refractivity contribution is 5.98. The Bertz CT molecular complexity index is 615. The standard InChI is InChI=1S/C18H23N3O2/c1-12-4-2-5-13(8-12)10-19-14-9-16-18(23)20-7-3-6-15(20)17(22)21(16)11-14/h2,4-5,8,14-16,19H,3,6-7,9-11H2,1H3/t14-,15+,16-/m0/s1. The molecule has 0 aliphatic carbocycles. The molecule has 1 N–H and O–H groups in total. The lowest BCUT2D eigenvalue weighted by molar-refractivity contribution is -0.156. The predicted octanol–water partition coefficient (Wildman–Crippen LogP) is 1.06. The summed E-state index contributed by atoms with van der Waals surface area (Å²) >= 11 is 0. The highest BCUT2D eigenvalue weighted by Gasteiger charge is 2.51. The van der Waals surface area contributed by atoms with Gasteiger partial charge < -0.3 is 15.1 Å². The molecule has 0 unspecified atom stereocenters. The van der Waals surface area contributed by atoms with Crippen molar-refractivity contribution in [3.63, 3.8) is 0 Å². The molecule has 4 rings (SSSR count). The molecule has 1 aromatic carbocycles. The van der Waals surface area contributed by atoms with Gasteiger partial charge in [-0.3, -0.25) is 9.59 Å². The van der Waals surface area contributed by atoms with E-state index in [4.69, 9.17) is 0 Å². The normalized spacial score (nSPS) is 29.9. The highest BCUT2D eigenvalue weighted by atomic mass is 16.2. The van der Waals surface area contributed by atoms with Crippen LogP contribution in [0.4, 0.5) is 0 Å². The average Bonchev–Trinajstić information content (AvgIpc) is 3.18. The van der Waals surface area contributed by atoms with Gasteiger partial charge in [0, 0.05) is 25.7 Å². The van der Waals surface area contributed by atoms with Gasteiger partial charge in [0.1, 0.15) is 12.1 Å². The minimum Gasteiger partial charge on any atom is -0.329 e. The van der Waals surface area contributed by atoms with Crippen molar-refractivity contribution in [2.45, 2.75) is 50.9 Å². The molecule has 0 saturated carbocycles. The van der Waals surface area contributed by atoms with Gasteiger partial charge in [-0.15, -0.1) is 0 Å². The Labute approximate surface area is 136 Å². The summed E-state index contributed by atoms with van der Waals surface area (Å²) < 4.78 is 0. The van der Waals surface area contributed by atoms with Gasteiger partial charge in [0.25, 0.3) is 0 Å². The molecule has 0 aromatic heterocycles. The van der Waals surface area contributed by atoms with Gasteiger partial charge in [0.05, 0.1) is 0 Å². The van der Waals surface area contributed by atoms with E-state index in [0.29, 0.717) is 6.54 Å². The van der Waals surface area contributed by atoms with Gasteiger partial charge in [-0.05, 0) is 31.7 Å². The number of nitrogens with zero attached hydrogens (tertiary/aromatic N) is 2. The van der Waals surface area contributed by atoms with Crippen LogP contribution in [-0.4, -0.2) is 52.8 Å². The van der Waals surface area contributed by atoms with Crippen molar-refractivity contribution in [2.24, 2.45) is 0 Å². The monoisotopic (exact) mass is 313 g/mol. The first-order valence-electron chi connectivity index (χ1n) is 8.53. The van der Waals surface area contributed by atoms with E-state index in [-0.39, 0.29) is 29.9 Å². The summed E-state index contributed by atoms with van der Waals surface area (Å²) in [4.78, 5) is 28.8. The van der Waals surface area contributed by atoms with Gasteiger partial charge in [0.2, 0.25) is 11.8 Å². The van der Waals surface area contributed by atoms with Crippen molar-refractivity contribution in [3.8, 4) is 0 Å². The second kappa shape index (κ2) is 5.64. The molecule has 1 aromatic rings. The van der Waals surface area contributed by atoms with Gasteiger partial charge in [-0.1, -0.05) is 29.8 Å². The summed E-state index contributed by atoms with van der Waals surface area (Å²) in [6.45, 7) is 4.28. The number of hydrogen-bond acceptors (Lipinski definition) is 3. The molecule has 3 heterocycles. The number of amides is 2. The summed E-state index contributed by atoms with van der Waals surface area (Å²) in [5.74, 6) is 0.318. The fraction of sp³-hybridized carbons (Fsp3) is 0.556. The van der Waals surface area contributed by atoms with Crippen molar-refractivity contribution in [2.75, 3.05) is 13.1 Å². The van der Waals surface area contributed by atoms with E-state index < -0.39 is 0 Å². The molecule has 23 heavy (non-hydrogen) atoms. The van der Waals surface area contributed by atoms with Crippen LogP contribution in [0.25, 0.3) is 0 Å². The van der Waals surface area contributed by atoms with Crippen molar-refractivity contribution in [1.29, 1.82) is 0 Å². The largest absolute Gasteiger partial charge is 0.329 e. The number of fused-ring (bicyclic) bond motifs is 2. The molecule has 5 heteroatoms. The molecule has 0 bridgehead atoms. The zero-order valence-electron chi connectivity index (χ0n) is 13.5. The van der Waals surface area contributed by atoms with Gasteiger partial charge in [-0.25, -0.2) is 0 Å². The third kappa shape index (κ3) is 2.53. The molecule has 3 aliphatic rings. The van der Waals surface area contributed by atoms with Crippen LogP contribution in [-0.2, 0) is 16.1 Å². The van der Waals surface area contributed by atoms with Crippen LogP contribution in [0.2, 0.25) is 0 Å². The number of nitrogens with one attached hydrogen (secondary N) is 1. The van der Waals surface area contributed by atoms with E-state index in [1.165, 1.54) is 11.1 Å². The Morgan fingerprint density at radius 3 is 2.83 bits per heavy atom. The first kappa shape index (κ1) is 14.7. The zero-order chi connectivity index (χ0) is 16.0. The van der Waals surface area contributed by atoms with E-state index in [1.54, 1.807) is 0 Å². The molecule has 3 aliphatic heterocycles. The Morgan fingerprint density at radius 2 is 2.00 bits per heavy atom. The van der Waals surface area contributed by atoms with Gasteiger partial charge >= 0.3 is 0 Å². The van der Waals surface area contributed by atoms with Crippen molar-refractivity contribution in [3.05, 3.63) is 35.4 Å². The lowest BCUT2D eigenvalue weighted by Crippen LogP contribution is -2.60. The van der Waals surface area contributed by atoms with E-state index in [0.717, 1.165) is 32.4 Å². The van der Waals surface area contributed by atoms with Gasteiger partial charge in [0.15, 0.2) is 0 Å². The molecule has 2 amide bonds. The highest BCUT2D eigenvalue weighted by Crippen LogP contribution is 2.32. The van der Waals surface area contributed by atoms with Gasteiger partial charge in [-0.2, -0.15) is 0 Å². The fourth-order valence-electron chi connectivity index (χ4n) is 4.22. The molecule has 3 atom stereocenters. The molecular weight excluding hydrogens is 290 g/mol. The first-order chi connectivity index (χ1) is 11.1. The number of aryl methyl sites for hydroxylation is 1. The minimum absolute atomic E-state index is 0.159. The summed E-state index contributed by atoms with van der Waals surface area (Å²) in [7, 11) is 0. The molecule has 5 nitrogen and oxygen atoms in total. The number of hydrogen-bond donors (Lipinski definition) is 1. The lowest BCUT2D eigenvalue weighted by Gasteiger charge is -2.38. The predicted molar refractivity (Wildman–Crippen MR) is 86.7 cm³/mol. The van der Waals surface area contributed by atoms with Crippen molar-refractivity contribution >= 4 is 11.8 Å². The van der Waals surface area contributed by atoms with Crippen molar-refractivity contribution in [1.82, 2.24) is 15.1 Å². The van der Waals surface area contributed by atoms with E-state index in [2.05, 4.69) is 36.5 Å². The average molecular weight is 313 g/mol. The van der Waals surface area contributed by atoms with Crippen LogP contribution in [0, 0.1) is 6.92 Å². The third-order valence-corrected chi connectivity index (χ3v) is 5.37. The molecule has 3 fully saturated rings. The second-order valence-electron chi connectivity index (χ2n) is 7.00. The lowest BCUT2D eigenvalue weighted by atomic mass is 10.1. The van der Waals surface area contributed by atoms with Crippen LogP contribution in [0.5, 0.6) is 0 Å². The molecule has 122 valence electrons. The Hall–Kier alpha value is -1.88. The Balaban J connectivity index is 1.42. The maximum Gasteiger partial charge on any atom is 0.246 e. The summed E-state index contributed by atoms with van der Waals surface area (Å²) in [6, 6.07) is 8.20. The van der Waals surface area contributed by atoms with Crippen LogP contribution >= 0.6 is 0 Å². The molecule has 0 radical (unpaired) electrons. The smallest absolute Gasteiger partial charge is 0.246 e. The van der Waals surface area contributed by atoms with Crippen LogP contribution < -0.4 is 5.32 Å². The SMILES string of the molecule is Cc1cccc(CN[C@H]2C[C@H]3C(=O)N4CCC[C@@H]4C(=O)N3C2)c1. The number of carbonyl (C=O) groups is 2. The minimum atomic E-state index is -0.244. The molecule has 0 spiro atoms. The summed E-state index contributed by atoms with van der Waals surface area (Å²) in [5, 5.41) is 3.52. The van der Waals surface area contributed by atoms with Crippen molar-refractivity contribution < 1.29 is 9.59 Å². The number of piperazine rings is 1. The number of rotatable bonds is 3. The van der Waals surface area contributed by atoms with E-state index >= 15 is 0 Å². The molecular formula is C18H23N3O2. The van der Waals surface area contributed by atoms with Crippen LogP contribution in [0.3, 0.4) is 0 Å².